The van der Waals surface area contributed by atoms with Crippen LogP contribution in [-0.2, 0) is 4.74 Å². The van der Waals surface area contributed by atoms with Crippen molar-refractivity contribution in [2.45, 2.75) is 58.7 Å². The molecule has 0 aromatic carbocycles. The Labute approximate surface area is 173 Å². The first-order valence-corrected chi connectivity index (χ1v) is 10.7. The predicted molar refractivity (Wildman–Crippen MR) is 122 cm³/mol. The van der Waals surface area contributed by atoms with Crippen LogP contribution in [0.25, 0.3) is 0 Å². The molecule has 162 valence electrons. The number of nitrogens with zero attached hydrogens (tertiary/aromatic N) is 2. The van der Waals surface area contributed by atoms with Crippen molar-refractivity contribution in [2.24, 2.45) is 5.73 Å². The Bertz CT molecular complexity index is 515. The van der Waals surface area contributed by atoms with Gasteiger partial charge in [-0.05, 0) is 53.7 Å². The van der Waals surface area contributed by atoms with Gasteiger partial charge in [-0.3, -0.25) is 4.90 Å². The van der Waals surface area contributed by atoms with Crippen LogP contribution in [0.2, 0.25) is 0 Å². The molecular formula is C23H44N4O. The van der Waals surface area contributed by atoms with Gasteiger partial charge >= 0.3 is 0 Å². The Hall–Kier alpha value is -0.980. The molecule has 1 rings (SSSR count). The Morgan fingerprint density at radius 3 is 2.25 bits per heavy atom. The third kappa shape index (κ3) is 10.5. The first-order chi connectivity index (χ1) is 13.2. The number of nitrogens with one attached hydrogen (secondary N) is 1. The van der Waals surface area contributed by atoms with Crippen molar-refractivity contribution >= 4 is 0 Å². The number of allylic oxidation sites excluding steroid dienone is 4. The topological polar surface area (TPSA) is 53.8 Å². The van der Waals surface area contributed by atoms with E-state index in [1.54, 1.807) is 0 Å². The van der Waals surface area contributed by atoms with Crippen LogP contribution >= 0.6 is 0 Å². The van der Waals surface area contributed by atoms with Crippen molar-refractivity contribution in [3.8, 4) is 0 Å². The van der Waals surface area contributed by atoms with Gasteiger partial charge in [0, 0.05) is 45.7 Å². The average molecular weight is 393 g/mol. The molecule has 5 nitrogen and oxygen atoms in total. The van der Waals surface area contributed by atoms with Crippen LogP contribution in [0.1, 0.15) is 47.5 Å². The van der Waals surface area contributed by atoms with Gasteiger partial charge in [0.05, 0.1) is 17.9 Å². The Morgan fingerprint density at radius 1 is 1.04 bits per heavy atom. The normalized spacial score (nSPS) is 20.3. The molecule has 1 heterocycles. The van der Waals surface area contributed by atoms with Gasteiger partial charge in [0.15, 0.2) is 0 Å². The number of hydrogen-bond donors (Lipinski definition) is 2. The van der Waals surface area contributed by atoms with Gasteiger partial charge in [-0.25, -0.2) is 0 Å². The van der Waals surface area contributed by atoms with Gasteiger partial charge in [0.2, 0.25) is 0 Å². The van der Waals surface area contributed by atoms with E-state index in [1.807, 2.05) is 14.0 Å². The number of ether oxygens (including phenoxy) is 1. The van der Waals surface area contributed by atoms with Gasteiger partial charge in [-0.1, -0.05) is 30.4 Å². The Balaban J connectivity index is 2.34. The standard InChI is InChI=1S/C23H44N4O/c1-7-9-11-21(10-8-2)20-27-17-15-26(16-18-27)14-12-22(3,4)28-19-13-23(5,24)25-6/h7-11,25H,12-20,24H2,1-6H3/b9-7-,10-8-,21-11+. The maximum Gasteiger partial charge on any atom is 0.0652 e. The van der Waals surface area contributed by atoms with E-state index >= 15 is 0 Å². The number of rotatable bonds is 12. The van der Waals surface area contributed by atoms with Gasteiger partial charge in [-0.2, -0.15) is 0 Å². The number of nitrogens with two attached hydrogens (primary N) is 1. The third-order valence-corrected chi connectivity index (χ3v) is 5.47. The van der Waals surface area contributed by atoms with Crippen LogP contribution in [-0.4, -0.2) is 74.0 Å². The summed E-state index contributed by atoms with van der Waals surface area (Å²) in [7, 11) is 1.89. The maximum absolute atomic E-state index is 6.12. The smallest absolute Gasteiger partial charge is 0.0652 e. The molecule has 1 atom stereocenters. The quantitative estimate of drug-likeness (QED) is 0.395. The second-order valence-electron chi connectivity index (χ2n) is 8.66. The molecule has 1 aliphatic rings. The minimum absolute atomic E-state index is 0.116. The van der Waals surface area contributed by atoms with Crippen molar-refractivity contribution in [1.82, 2.24) is 15.1 Å². The van der Waals surface area contributed by atoms with Crippen molar-refractivity contribution in [3.05, 3.63) is 36.0 Å². The summed E-state index contributed by atoms with van der Waals surface area (Å²) in [6, 6.07) is 0. The third-order valence-electron chi connectivity index (χ3n) is 5.47. The SMILES string of the molecule is C\C=C/C=C(\C=C/C)CN1CCN(CCC(C)(C)OCCC(C)(N)NC)CC1. The molecule has 28 heavy (non-hydrogen) atoms. The van der Waals surface area contributed by atoms with Gasteiger partial charge < -0.3 is 20.7 Å². The van der Waals surface area contributed by atoms with E-state index in [0.717, 1.165) is 52.1 Å². The summed E-state index contributed by atoms with van der Waals surface area (Å²) in [5.41, 5.74) is 7.01. The minimum atomic E-state index is -0.362. The Morgan fingerprint density at radius 2 is 1.68 bits per heavy atom. The molecule has 0 saturated carbocycles. The highest BCUT2D eigenvalue weighted by Crippen LogP contribution is 2.17. The van der Waals surface area contributed by atoms with Gasteiger partial charge in [-0.15, -0.1) is 0 Å². The lowest BCUT2D eigenvalue weighted by Gasteiger charge is -2.37. The summed E-state index contributed by atoms with van der Waals surface area (Å²) in [4.78, 5) is 5.11. The molecular weight excluding hydrogens is 348 g/mol. The molecule has 1 fully saturated rings. The molecule has 0 aliphatic carbocycles. The molecule has 5 heteroatoms. The summed E-state index contributed by atoms with van der Waals surface area (Å²) in [5.74, 6) is 0. The molecule has 3 N–H and O–H groups in total. The van der Waals surface area contributed by atoms with Crippen molar-refractivity contribution in [1.29, 1.82) is 0 Å². The molecule has 0 aromatic rings. The zero-order chi connectivity index (χ0) is 21.0. The molecule has 0 spiro atoms. The molecule has 0 aromatic heterocycles. The maximum atomic E-state index is 6.12. The average Bonchev–Trinajstić information content (AvgIpc) is 2.65. The van der Waals surface area contributed by atoms with Crippen LogP contribution < -0.4 is 11.1 Å². The fraction of sp³-hybridized carbons (Fsp3) is 0.739. The van der Waals surface area contributed by atoms with Crippen molar-refractivity contribution < 1.29 is 4.74 Å². The van der Waals surface area contributed by atoms with Gasteiger partial charge in [0.1, 0.15) is 0 Å². The first-order valence-electron chi connectivity index (χ1n) is 10.7. The van der Waals surface area contributed by atoms with Crippen LogP contribution in [0.15, 0.2) is 36.0 Å². The second kappa shape index (κ2) is 12.6. The lowest BCUT2D eigenvalue weighted by molar-refractivity contribution is -0.0380. The van der Waals surface area contributed by atoms with Gasteiger partial charge in [0.25, 0.3) is 0 Å². The zero-order valence-corrected chi connectivity index (χ0v) is 19.1. The van der Waals surface area contributed by atoms with E-state index in [4.69, 9.17) is 10.5 Å². The van der Waals surface area contributed by atoms with E-state index < -0.39 is 0 Å². The molecule has 0 radical (unpaired) electrons. The fourth-order valence-electron chi connectivity index (χ4n) is 3.19. The van der Waals surface area contributed by atoms with E-state index in [1.165, 1.54) is 5.57 Å². The monoisotopic (exact) mass is 392 g/mol. The van der Waals surface area contributed by atoms with Crippen LogP contribution in [0, 0.1) is 0 Å². The lowest BCUT2D eigenvalue weighted by Crippen LogP contribution is -2.50. The number of hydrogen-bond acceptors (Lipinski definition) is 5. The molecule has 1 aliphatic heterocycles. The number of piperazine rings is 1. The summed E-state index contributed by atoms with van der Waals surface area (Å²) in [5, 5.41) is 3.12. The van der Waals surface area contributed by atoms with Crippen molar-refractivity contribution in [2.75, 3.05) is 52.9 Å². The predicted octanol–water partition coefficient (Wildman–Crippen LogP) is 3.15. The van der Waals surface area contributed by atoms with E-state index in [2.05, 4.69) is 73.2 Å². The summed E-state index contributed by atoms with van der Waals surface area (Å²) in [6.45, 7) is 17.8. The van der Waals surface area contributed by atoms with Crippen LogP contribution in [0.4, 0.5) is 0 Å². The molecule has 0 amide bonds. The summed E-state index contributed by atoms with van der Waals surface area (Å²) >= 11 is 0. The highest BCUT2D eigenvalue weighted by atomic mass is 16.5. The Kier molecular flexibility index (Phi) is 11.2. The summed E-state index contributed by atoms with van der Waals surface area (Å²) in [6.07, 6.45) is 12.6. The summed E-state index contributed by atoms with van der Waals surface area (Å²) < 4.78 is 6.12. The van der Waals surface area contributed by atoms with E-state index in [9.17, 15) is 0 Å². The molecule has 0 bridgehead atoms. The van der Waals surface area contributed by atoms with E-state index in [-0.39, 0.29) is 11.3 Å². The minimum Gasteiger partial charge on any atom is -0.375 e. The fourth-order valence-corrected chi connectivity index (χ4v) is 3.19. The largest absolute Gasteiger partial charge is 0.375 e. The zero-order valence-electron chi connectivity index (χ0n) is 19.1. The second-order valence-corrected chi connectivity index (χ2v) is 8.66. The van der Waals surface area contributed by atoms with Crippen molar-refractivity contribution in [3.63, 3.8) is 0 Å². The first kappa shape index (κ1) is 25.1. The highest BCUT2D eigenvalue weighted by molar-refractivity contribution is 5.24. The van der Waals surface area contributed by atoms with Crippen LogP contribution in [0.5, 0.6) is 0 Å². The lowest BCUT2D eigenvalue weighted by atomic mass is 10.0. The van der Waals surface area contributed by atoms with Crippen LogP contribution in [0.3, 0.4) is 0 Å². The highest BCUT2D eigenvalue weighted by Gasteiger charge is 2.24. The van der Waals surface area contributed by atoms with E-state index in [0.29, 0.717) is 6.61 Å². The molecule has 1 unspecified atom stereocenters. The molecule has 1 saturated heterocycles.